The molecule has 0 saturated heterocycles. The first-order chi connectivity index (χ1) is 8.16. The highest BCUT2D eigenvalue weighted by Crippen LogP contribution is 2.12. The van der Waals surface area contributed by atoms with Gasteiger partial charge in [0.05, 0.1) is 0 Å². The highest BCUT2D eigenvalue weighted by atomic mass is 35.5. The number of pyridine rings is 1. The first-order valence-electron chi connectivity index (χ1n) is 5.05. The number of nitrogens with zero attached hydrogens (tertiary/aromatic N) is 1. The quantitative estimate of drug-likeness (QED) is 0.782. The Hall–Kier alpha value is -1.74. The molecule has 0 radical (unpaired) electrons. The zero-order valence-electron chi connectivity index (χ0n) is 8.86. The summed E-state index contributed by atoms with van der Waals surface area (Å²) >= 11 is 5.73. The van der Waals surface area contributed by atoms with Gasteiger partial charge in [-0.05, 0) is 29.8 Å². The SMILES string of the molecule is O=C(Cc1ccc(Cl)cc1)c1ncccc1F. The molecule has 1 aromatic heterocycles. The number of halogens is 2. The predicted molar refractivity (Wildman–Crippen MR) is 63.7 cm³/mol. The van der Waals surface area contributed by atoms with Gasteiger partial charge < -0.3 is 0 Å². The van der Waals surface area contributed by atoms with Crippen LogP contribution in [0.25, 0.3) is 0 Å². The van der Waals surface area contributed by atoms with E-state index in [4.69, 9.17) is 11.6 Å². The Morgan fingerprint density at radius 3 is 2.59 bits per heavy atom. The van der Waals surface area contributed by atoms with Crippen molar-refractivity contribution in [2.45, 2.75) is 6.42 Å². The topological polar surface area (TPSA) is 30.0 Å². The lowest BCUT2D eigenvalue weighted by Crippen LogP contribution is -2.08. The summed E-state index contributed by atoms with van der Waals surface area (Å²) in [7, 11) is 0. The summed E-state index contributed by atoms with van der Waals surface area (Å²) in [6.45, 7) is 0. The Labute approximate surface area is 103 Å². The van der Waals surface area contributed by atoms with E-state index in [-0.39, 0.29) is 17.9 Å². The predicted octanol–water partition coefficient (Wildman–Crippen LogP) is 3.30. The Morgan fingerprint density at radius 2 is 1.94 bits per heavy atom. The second-order valence-corrected chi connectivity index (χ2v) is 4.00. The molecule has 2 rings (SSSR count). The first kappa shape index (κ1) is 11.7. The van der Waals surface area contributed by atoms with Crippen LogP contribution in [0.4, 0.5) is 4.39 Å². The maximum atomic E-state index is 13.3. The Bertz CT molecular complexity index is 539. The van der Waals surface area contributed by atoms with Gasteiger partial charge in [0.1, 0.15) is 5.69 Å². The molecule has 0 fully saturated rings. The number of Topliss-reactive ketones (excluding diaryl/α,β-unsaturated/α-hetero) is 1. The first-order valence-corrected chi connectivity index (χ1v) is 5.43. The summed E-state index contributed by atoms with van der Waals surface area (Å²) in [4.78, 5) is 15.5. The van der Waals surface area contributed by atoms with Crippen LogP contribution >= 0.6 is 11.6 Å². The Morgan fingerprint density at radius 1 is 1.24 bits per heavy atom. The normalized spacial score (nSPS) is 10.2. The van der Waals surface area contributed by atoms with E-state index in [1.807, 2.05) is 0 Å². The minimum absolute atomic E-state index is 0.116. The van der Waals surface area contributed by atoms with Gasteiger partial charge in [-0.1, -0.05) is 23.7 Å². The molecule has 86 valence electrons. The molecule has 0 N–H and O–H groups in total. The molecule has 17 heavy (non-hydrogen) atoms. The molecule has 0 saturated carbocycles. The molecule has 1 aromatic carbocycles. The van der Waals surface area contributed by atoms with Crippen molar-refractivity contribution in [3.8, 4) is 0 Å². The van der Waals surface area contributed by atoms with Crippen LogP contribution < -0.4 is 0 Å². The van der Waals surface area contributed by atoms with Gasteiger partial charge >= 0.3 is 0 Å². The fraction of sp³-hybridized carbons (Fsp3) is 0.0769. The van der Waals surface area contributed by atoms with Crippen LogP contribution in [0.15, 0.2) is 42.6 Å². The molecule has 2 aromatic rings. The van der Waals surface area contributed by atoms with Crippen molar-refractivity contribution in [3.63, 3.8) is 0 Å². The third-order valence-corrected chi connectivity index (χ3v) is 2.55. The molecule has 1 heterocycles. The number of carbonyl (C=O) groups excluding carboxylic acids is 1. The van der Waals surface area contributed by atoms with E-state index in [0.29, 0.717) is 5.02 Å². The largest absolute Gasteiger partial charge is 0.292 e. The molecule has 0 unspecified atom stereocenters. The van der Waals surface area contributed by atoms with Crippen molar-refractivity contribution in [1.29, 1.82) is 0 Å². The minimum Gasteiger partial charge on any atom is -0.292 e. The monoisotopic (exact) mass is 249 g/mol. The Kier molecular flexibility index (Phi) is 3.49. The maximum absolute atomic E-state index is 13.3. The molecule has 0 aliphatic heterocycles. The van der Waals surface area contributed by atoms with Crippen molar-refractivity contribution in [1.82, 2.24) is 4.98 Å². The number of hydrogen-bond donors (Lipinski definition) is 0. The van der Waals surface area contributed by atoms with Crippen LogP contribution in [-0.4, -0.2) is 10.8 Å². The van der Waals surface area contributed by atoms with Crippen LogP contribution in [0.2, 0.25) is 5.02 Å². The Balaban J connectivity index is 2.17. The molecule has 4 heteroatoms. The fourth-order valence-electron chi connectivity index (χ4n) is 1.46. The van der Waals surface area contributed by atoms with Crippen molar-refractivity contribution in [2.24, 2.45) is 0 Å². The number of ketones is 1. The number of aromatic nitrogens is 1. The van der Waals surface area contributed by atoms with Gasteiger partial charge in [-0.2, -0.15) is 0 Å². The van der Waals surface area contributed by atoms with E-state index in [2.05, 4.69) is 4.98 Å². The summed E-state index contributed by atoms with van der Waals surface area (Å²) in [6.07, 6.45) is 1.52. The van der Waals surface area contributed by atoms with Crippen molar-refractivity contribution in [2.75, 3.05) is 0 Å². The average Bonchev–Trinajstić information content (AvgIpc) is 2.32. The molecular formula is C13H9ClFNO. The summed E-state index contributed by atoms with van der Waals surface area (Å²) < 4.78 is 13.3. The van der Waals surface area contributed by atoms with Crippen LogP contribution in [0.1, 0.15) is 16.1 Å². The van der Waals surface area contributed by atoms with E-state index >= 15 is 0 Å². The highest BCUT2D eigenvalue weighted by Gasteiger charge is 2.13. The van der Waals surface area contributed by atoms with E-state index in [1.165, 1.54) is 18.3 Å². The molecule has 0 spiro atoms. The lowest BCUT2D eigenvalue weighted by atomic mass is 10.1. The average molecular weight is 250 g/mol. The van der Waals surface area contributed by atoms with Gasteiger partial charge in [0.15, 0.2) is 11.6 Å². The molecule has 0 aliphatic rings. The maximum Gasteiger partial charge on any atom is 0.188 e. The van der Waals surface area contributed by atoms with Crippen molar-refractivity contribution >= 4 is 17.4 Å². The summed E-state index contributed by atoms with van der Waals surface area (Å²) in [6, 6.07) is 9.54. The molecular weight excluding hydrogens is 241 g/mol. The van der Waals surface area contributed by atoms with Crippen LogP contribution in [0.5, 0.6) is 0 Å². The highest BCUT2D eigenvalue weighted by molar-refractivity contribution is 6.30. The van der Waals surface area contributed by atoms with Gasteiger partial charge in [-0.3, -0.25) is 9.78 Å². The van der Waals surface area contributed by atoms with Crippen molar-refractivity contribution < 1.29 is 9.18 Å². The third-order valence-electron chi connectivity index (χ3n) is 2.30. The van der Waals surface area contributed by atoms with Crippen LogP contribution in [-0.2, 0) is 6.42 Å². The van der Waals surface area contributed by atoms with Gasteiger partial charge in [0.2, 0.25) is 0 Å². The fourth-order valence-corrected chi connectivity index (χ4v) is 1.59. The van der Waals surface area contributed by atoms with Gasteiger partial charge in [-0.25, -0.2) is 4.39 Å². The molecule has 0 amide bonds. The van der Waals surface area contributed by atoms with Gasteiger partial charge in [-0.15, -0.1) is 0 Å². The van der Waals surface area contributed by atoms with Crippen molar-refractivity contribution in [3.05, 3.63) is 64.7 Å². The number of hydrogen-bond acceptors (Lipinski definition) is 2. The van der Waals surface area contributed by atoms with Gasteiger partial charge in [0.25, 0.3) is 0 Å². The zero-order chi connectivity index (χ0) is 12.3. The molecule has 0 bridgehead atoms. The van der Waals surface area contributed by atoms with E-state index in [1.54, 1.807) is 24.3 Å². The molecule has 0 atom stereocenters. The minimum atomic E-state index is -0.591. The van der Waals surface area contributed by atoms with Crippen LogP contribution in [0, 0.1) is 5.82 Å². The molecule has 0 aliphatic carbocycles. The number of carbonyl (C=O) groups is 1. The summed E-state index contributed by atoms with van der Waals surface area (Å²) in [5, 5.41) is 0.602. The standard InChI is InChI=1S/C13H9ClFNO/c14-10-5-3-9(4-6-10)8-12(17)13-11(15)2-1-7-16-13/h1-7H,8H2. The smallest absolute Gasteiger partial charge is 0.188 e. The summed E-state index contributed by atoms with van der Waals surface area (Å²) in [5.41, 5.74) is 0.659. The summed E-state index contributed by atoms with van der Waals surface area (Å²) in [5.74, 6) is -0.933. The van der Waals surface area contributed by atoms with E-state index in [9.17, 15) is 9.18 Å². The lowest BCUT2D eigenvalue weighted by molar-refractivity contribution is 0.0984. The number of benzene rings is 1. The second-order valence-electron chi connectivity index (χ2n) is 3.56. The zero-order valence-corrected chi connectivity index (χ0v) is 9.62. The van der Waals surface area contributed by atoms with E-state index < -0.39 is 5.82 Å². The molecule has 2 nitrogen and oxygen atoms in total. The lowest BCUT2D eigenvalue weighted by Gasteiger charge is -2.02. The third kappa shape index (κ3) is 2.88. The second kappa shape index (κ2) is 5.06. The van der Waals surface area contributed by atoms with Crippen LogP contribution in [0.3, 0.4) is 0 Å². The number of rotatable bonds is 3. The van der Waals surface area contributed by atoms with Gasteiger partial charge in [0, 0.05) is 17.6 Å². The van der Waals surface area contributed by atoms with E-state index in [0.717, 1.165) is 5.56 Å².